The Bertz CT molecular complexity index is 346. The van der Waals surface area contributed by atoms with Crippen molar-refractivity contribution in [2.24, 2.45) is 16.2 Å². The minimum Gasteiger partial charge on any atom is -0.481 e. The fourth-order valence-corrected chi connectivity index (χ4v) is 2.34. The highest BCUT2D eigenvalue weighted by Gasteiger charge is 2.43. The lowest BCUT2D eigenvalue weighted by Gasteiger charge is -2.35. The first kappa shape index (κ1) is 18.9. The van der Waals surface area contributed by atoms with E-state index >= 15 is 0 Å². The highest BCUT2D eigenvalue weighted by molar-refractivity contribution is 5.82. The van der Waals surface area contributed by atoms with Crippen molar-refractivity contribution in [2.45, 2.75) is 67.7 Å². The number of aliphatic carboxylic acids is 1. The zero-order valence-electron chi connectivity index (χ0n) is 14.0. The molecule has 0 fully saturated rings. The van der Waals surface area contributed by atoms with E-state index in [2.05, 4.69) is 0 Å². The van der Waals surface area contributed by atoms with Crippen molar-refractivity contribution in [2.75, 3.05) is 6.61 Å². The molecule has 0 aromatic carbocycles. The van der Waals surface area contributed by atoms with Gasteiger partial charge in [-0.25, -0.2) is 0 Å². The van der Waals surface area contributed by atoms with Crippen molar-refractivity contribution in [1.29, 1.82) is 0 Å². The molecule has 118 valence electrons. The summed E-state index contributed by atoms with van der Waals surface area (Å²) in [5.74, 6) is -1.34. The minimum absolute atomic E-state index is 0.125. The van der Waals surface area contributed by atoms with Gasteiger partial charge >= 0.3 is 11.9 Å². The van der Waals surface area contributed by atoms with Gasteiger partial charge in [0.15, 0.2) is 0 Å². The van der Waals surface area contributed by atoms with Crippen LogP contribution in [0.25, 0.3) is 0 Å². The molecular weight excluding hydrogens is 256 g/mol. The standard InChI is InChI=1S/C16H30O4/c1-8-16(9-12(17)18,10-14(2,3)4)13(19)20-11-15(5,6)7/h8-11H2,1-7H3,(H,17,18). The van der Waals surface area contributed by atoms with Crippen molar-refractivity contribution < 1.29 is 19.4 Å². The molecule has 0 aliphatic rings. The lowest BCUT2D eigenvalue weighted by molar-refractivity contribution is -0.166. The SMILES string of the molecule is CCC(CC(=O)O)(CC(C)(C)C)C(=O)OCC(C)(C)C. The molecule has 0 aromatic rings. The normalized spacial score (nSPS) is 15.6. The highest BCUT2D eigenvalue weighted by atomic mass is 16.5. The molecule has 0 rings (SSSR count). The van der Waals surface area contributed by atoms with Crippen molar-refractivity contribution in [1.82, 2.24) is 0 Å². The average Bonchev–Trinajstić information content (AvgIpc) is 2.20. The van der Waals surface area contributed by atoms with Crippen LogP contribution in [0.1, 0.15) is 67.7 Å². The summed E-state index contributed by atoms with van der Waals surface area (Å²) < 4.78 is 5.41. The Labute approximate surface area is 122 Å². The van der Waals surface area contributed by atoms with Crippen LogP contribution in [0.2, 0.25) is 0 Å². The summed E-state index contributed by atoms with van der Waals surface area (Å²) in [6, 6.07) is 0. The van der Waals surface area contributed by atoms with E-state index in [1.54, 1.807) is 0 Å². The molecule has 20 heavy (non-hydrogen) atoms. The molecular formula is C16H30O4. The Morgan fingerprint density at radius 1 is 1.00 bits per heavy atom. The second kappa shape index (κ2) is 6.59. The summed E-state index contributed by atoms with van der Waals surface area (Å²) in [5.41, 5.74) is -1.19. The van der Waals surface area contributed by atoms with E-state index in [1.165, 1.54) is 0 Å². The van der Waals surface area contributed by atoms with Crippen LogP contribution in [0.3, 0.4) is 0 Å². The van der Waals surface area contributed by atoms with Gasteiger partial charge in [-0.15, -0.1) is 0 Å². The highest BCUT2D eigenvalue weighted by Crippen LogP contribution is 2.40. The third kappa shape index (κ3) is 6.92. The summed E-state index contributed by atoms with van der Waals surface area (Å²) in [7, 11) is 0. The third-order valence-corrected chi connectivity index (χ3v) is 3.10. The lowest BCUT2D eigenvalue weighted by atomic mass is 9.70. The van der Waals surface area contributed by atoms with Gasteiger partial charge in [0.2, 0.25) is 0 Å². The van der Waals surface area contributed by atoms with Crippen LogP contribution in [-0.2, 0) is 14.3 Å². The number of ether oxygens (including phenoxy) is 1. The molecule has 0 bridgehead atoms. The molecule has 0 aliphatic carbocycles. The van der Waals surface area contributed by atoms with Crippen LogP contribution < -0.4 is 0 Å². The quantitative estimate of drug-likeness (QED) is 0.752. The van der Waals surface area contributed by atoms with E-state index in [4.69, 9.17) is 9.84 Å². The number of hydrogen-bond donors (Lipinski definition) is 1. The van der Waals surface area contributed by atoms with Gasteiger partial charge in [-0.05, 0) is 23.7 Å². The first-order chi connectivity index (χ1) is 8.81. The van der Waals surface area contributed by atoms with Crippen molar-refractivity contribution in [3.63, 3.8) is 0 Å². The summed E-state index contributed by atoms with van der Waals surface area (Å²) in [6.45, 7) is 14.1. The molecule has 0 radical (unpaired) electrons. The van der Waals surface area contributed by atoms with Crippen LogP contribution >= 0.6 is 0 Å². The first-order valence-corrected chi connectivity index (χ1v) is 7.20. The molecule has 0 aromatic heterocycles. The average molecular weight is 286 g/mol. The molecule has 0 amide bonds. The van der Waals surface area contributed by atoms with Gasteiger partial charge in [-0.2, -0.15) is 0 Å². The number of hydrogen-bond acceptors (Lipinski definition) is 3. The second-order valence-corrected chi connectivity index (χ2v) is 8.08. The topological polar surface area (TPSA) is 63.6 Å². The van der Waals surface area contributed by atoms with Crippen LogP contribution in [0.15, 0.2) is 0 Å². The fraction of sp³-hybridized carbons (Fsp3) is 0.875. The van der Waals surface area contributed by atoms with E-state index in [-0.39, 0.29) is 23.2 Å². The van der Waals surface area contributed by atoms with Gasteiger partial charge in [0.1, 0.15) is 0 Å². The zero-order chi connectivity index (χ0) is 16.2. The smallest absolute Gasteiger partial charge is 0.312 e. The monoisotopic (exact) mass is 286 g/mol. The van der Waals surface area contributed by atoms with Gasteiger partial charge in [0, 0.05) is 0 Å². The summed E-state index contributed by atoms with van der Waals surface area (Å²) in [4.78, 5) is 23.6. The minimum atomic E-state index is -0.955. The number of carboxylic acids is 1. The lowest BCUT2D eigenvalue weighted by Crippen LogP contribution is -2.39. The number of carbonyl (C=O) groups excluding carboxylic acids is 1. The van der Waals surface area contributed by atoms with E-state index < -0.39 is 11.4 Å². The Balaban J connectivity index is 5.17. The third-order valence-electron chi connectivity index (χ3n) is 3.10. The van der Waals surface area contributed by atoms with Crippen molar-refractivity contribution >= 4 is 11.9 Å². The Morgan fingerprint density at radius 3 is 1.80 bits per heavy atom. The molecule has 4 nitrogen and oxygen atoms in total. The van der Waals surface area contributed by atoms with Gasteiger partial charge in [-0.3, -0.25) is 9.59 Å². The predicted molar refractivity (Wildman–Crippen MR) is 79.5 cm³/mol. The Morgan fingerprint density at radius 2 is 1.50 bits per heavy atom. The van der Waals surface area contributed by atoms with Gasteiger partial charge in [0.25, 0.3) is 0 Å². The van der Waals surface area contributed by atoms with Crippen LogP contribution in [0.5, 0.6) is 0 Å². The largest absolute Gasteiger partial charge is 0.481 e. The summed E-state index contributed by atoms with van der Waals surface area (Å²) in [5, 5.41) is 9.15. The molecule has 1 unspecified atom stereocenters. The van der Waals surface area contributed by atoms with Crippen molar-refractivity contribution in [3.8, 4) is 0 Å². The van der Waals surface area contributed by atoms with Gasteiger partial charge in [0.05, 0.1) is 18.4 Å². The Kier molecular flexibility index (Phi) is 6.25. The predicted octanol–water partition coefficient (Wildman–Crippen LogP) is 3.88. The second-order valence-electron chi connectivity index (χ2n) is 8.08. The van der Waals surface area contributed by atoms with E-state index in [0.29, 0.717) is 19.4 Å². The molecule has 0 saturated carbocycles. The first-order valence-electron chi connectivity index (χ1n) is 7.20. The number of rotatable bonds is 6. The van der Waals surface area contributed by atoms with Crippen LogP contribution in [-0.4, -0.2) is 23.7 Å². The fourth-order valence-electron chi connectivity index (χ4n) is 2.34. The van der Waals surface area contributed by atoms with E-state index in [9.17, 15) is 9.59 Å². The number of esters is 1. The van der Waals surface area contributed by atoms with Crippen LogP contribution in [0.4, 0.5) is 0 Å². The molecule has 4 heteroatoms. The van der Waals surface area contributed by atoms with Gasteiger partial charge in [-0.1, -0.05) is 48.5 Å². The molecule has 1 N–H and O–H groups in total. The molecule has 0 heterocycles. The maximum absolute atomic E-state index is 12.5. The maximum Gasteiger partial charge on any atom is 0.312 e. The van der Waals surface area contributed by atoms with Crippen LogP contribution in [0, 0.1) is 16.2 Å². The van der Waals surface area contributed by atoms with E-state index in [1.807, 2.05) is 48.5 Å². The van der Waals surface area contributed by atoms with Crippen molar-refractivity contribution in [3.05, 3.63) is 0 Å². The summed E-state index contributed by atoms with van der Waals surface area (Å²) >= 11 is 0. The van der Waals surface area contributed by atoms with Gasteiger partial charge < -0.3 is 9.84 Å². The molecule has 0 aliphatic heterocycles. The number of carbonyl (C=O) groups is 2. The Hall–Kier alpha value is -1.06. The number of carboxylic acid groups (broad SMARTS) is 1. The van der Waals surface area contributed by atoms with E-state index in [0.717, 1.165) is 0 Å². The zero-order valence-corrected chi connectivity index (χ0v) is 14.0. The molecule has 1 atom stereocenters. The maximum atomic E-state index is 12.5. The summed E-state index contributed by atoms with van der Waals surface area (Å²) in [6.07, 6.45) is 0.801. The molecule has 0 spiro atoms. The molecule has 0 saturated heterocycles.